The average molecular weight is 235 g/mol. The summed E-state index contributed by atoms with van der Waals surface area (Å²) < 4.78 is 10.9. The van der Waals surface area contributed by atoms with Crippen LogP contribution >= 0.6 is 0 Å². The topological polar surface area (TPSA) is 44.5 Å². The second kappa shape index (κ2) is 4.57. The van der Waals surface area contributed by atoms with Crippen molar-refractivity contribution in [1.82, 2.24) is 0 Å². The molecule has 0 amide bonds. The molecule has 3 nitrogen and oxygen atoms in total. The third kappa shape index (κ3) is 2.00. The van der Waals surface area contributed by atoms with E-state index in [9.17, 15) is 0 Å². The summed E-state index contributed by atoms with van der Waals surface area (Å²) >= 11 is 0. The molecule has 1 aromatic carbocycles. The Morgan fingerprint density at radius 1 is 1.18 bits per heavy atom. The van der Waals surface area contributed by atoms with E-state index in [-0.39, 0.29) is 5.54 Å². The van der Waals surface area contributed by atoms with Gasteiger partial charge in [-0.1, -0.05) is 6.92 Å². The molecule has 0 atom stereocenters. The van der Waals surface area contributed by atoms with Crippen LogP contribution in [0.25, 0.3) is 0 Å². The third-order valence-electron chi connectivity index (χ3n) is 3.77. The highest BCUT2D eigenvalue weighted by atomic mass is 16.5. The fraction of sp³-hybridized carbons (Fsp3) is 0.571. The Bertz CT molecular complexity index is 411. The molecule has 2 rings (SSSR count). The van der Waals surface area contributed by atoms with Crippen LogP contribution in [0.15, 0.2) is 12.1 Å². The maximum absolute atomic E-state index is 6.38. The molecule has 0 heterocycles. The molecule has 1 aromatic rings. The first-order chi connectivity index (χ1) is 8.14. The summed E-state index contributed by atoms with van der Waals surface area (Å²) in [6, 6.07) is 4.11. The van der Waals surface area contributed by atoms with Gasteiger partial charge in [-0.25, -0.2) is 0 Å². The summed E-state index contributed by atoms with van der Waals surface area (Å²) in [5.41, 5.74) is 8.41. The van der Waals surface area contributed by atoms with E-state index in [1.165, 1.54) is 6.42 Å². The van der Waals surface area contributed by atoms with Crippen molar-refractivity contribution in [2.45, 2.75) is 38.1 Å². The number of ether oxygens (including phenoxy) is 2. The number of nitrogens with two attached hydrogens (primary N) is 1. The van der Waals surface area contributed by atoms with Crippen LogP contribution in [0.4, 0.5) is 0 Å². The zero-order chi connectivity index (χ0) is 12.5. The van der Waals surface area contributed by atoms with Crippen LogP contribution in [-0.2, 0) is 12.0 Å². The molecule has 0 aliphatic heterocycles. The Labute approximate surface area is 103 Å². The predicted octanol–water partition coefficient (Wildman–Crippen LogP) is 2.60. The van der Waals surface area contributed by atoms with E-state index >= 15 is 0 Å². The Hall–Kier alpha value is -1.22. The Morgan fingerprint density at radius 3 is 2.24 bits per heavy atom. The molecule has 1 aliphatic rings. The van der Waals surface area contributed by atoms with Crippen molar-refractivity contribution in [3.05, 3.63) is 23.3 Å². The maximum atomic E-state index is 6.38. The van der Waals surface area contributed by atoms with Crippen molar-refractivity contribution in [2.24, 2.45) is 5.73 Å². The van der Waals surface area contributed by atoms with Crippen LogP contribution in [0, 0.1) is 0 Å². The van der Waals surface area contributed by atoms with Crippen LogP contribution in [-0.4, -0.2) is 14.2 Å². The fourth-order valence-corrected chi connectivity index (χ4v) is 2.45. The van der Waals surface area contributed by atoms with Crippen molar-refractivity contribution in [3.8, 4) is 11.5 Å². The number of hydrogen-bond acceptors (Lipinski definition) is 3. The van der Waals surface area contributed by atoms with Gasteiger partial charge in [-0.05, 0) is 43.4 Å². The standard InChI is InChI=1S/C14H21NO2/c1-4-10-8-13(17-3)11(9-12(10)16-2)14(15)6-5-7-14/h8-9H,4-7,15H2,1-3H3. The van der Waals surface area contributed by atoms with Gasteiger partial charge in [0.2, 0.25) is 0 Å². The largest absolute Gasteiger partial charge is 0.496 e. The van der Waals surface area contributed by atoms with E-state index in [0.717, 1.165) is 41.9 Å². The van der Waals surface area contributed by atoms with Crippen molar-refractivity contribution in [1.29, 1.82) is 0 Å². The van der Waals surface area contributed by atoms with Gasteiger partial charge in [-0.2, -0.15) is 0 Å². The minimum absolute atomic E-state index is 0.217. The van der Waals surface area contributed by atoms with Gasteiger partial charge in [0.25, 0.3) is 0 Å². The lowest BCUT2D eigenvalue weighted by molar-refractivity contribution is 0.242. The van der Waals surface area contributed by atoms with E-state index in [0.29, 0.717) is 0 Å². The summed E-state index contributed by atoms with van der Waals surface area (Å²) in [6.07, 6.45) is 4.17. The second-order valence-corrected chi connectivity index (χ2v) is 4.73. The molecule has 0 saturated heterocycles. The molecule has 0 radical (unpaired) electrons. The molecule has 0 bridgehead atoms. The lowest BCUT2D eigenvalue weighted by atomic mass is 9.72. The van der Waals surface area contributed by atoms with Crippen molar-refractivity contribution in [2.75, 3.05) is 14.2 Å². The van der Waals surface area contributed by atoms with Gasteiger partial charge in [0.05, 0.1) is 14.2 Å². The van der Waals surface area contributed by atoms with Crippen molar-refractivity contribution < 1.29 is 9.47 Å². The summed E-state index contributed by atoms with van der Waals surface area (Å²) in [6.45, 7) is 2.11. The van der Waals surface area contributed by atoms with Crippen molar-refractivity contribution >= 4 is 0 Å². The van der Waals surface area contributed by atoms with E-state index < -0.39 is 0 Å². The summed E-state index contributed by atoms with van der Waals surface area (Å²) in [4.78, 5) is 0. The SMILES string of the molecule is CCc1cc(OC)c(C2(N)CCC2)cc1OC. The minimum Gasteiger partial charge on any atom is -0.496 e. The fourth-order valence-electron chi connectivity index (χ4n) is 2.45. The highest BCUT2D eigenvalue weighted by molar-refractivity contribution is 5.50. The van der Waals surface area contributed by atoms with Gasteiger partial charge >= 0.3 is 0 Å². The molecule has 0 unspecified atom stereocenters. The Morgan fingerprint density at radius 2 is 1.82 bits per heavy atom. The zero-order valence-corrected chi connectivity index (χ0v) is 10.9. The smallest absolute Gasteiger partial charge is 0.124 e. The normalized spacial score (nSPS) is 17.4. The van der Waals surface area contributed by atoms with Gasteiger partial charge in [-0.3, -0.25) is 0 Å². The first-order valence-corrected chi connectivity index (χ1v) is 6.19. The molecule has 94 valence electrons. The molecule has 1 fully saturated rings. The molecular weight excluding hydrogens is 214 g/mol. The molecule has 3 heteroatoms. The number of aryl methyl sites for hydroxylation is 1. The van der Waals surface area contributed by atoms with Crippen LogP contribution < -0.4 is 15.2 Å². The van der Waals surface area contributed by atoms with Gasteiger partial charge < -0.3 is 15.2 Å². The lowest BCUT2D eigenvalue weighted by Gasteiger charge is -2.39. The predicted molar refractivity (Wildman–Crippen MR) is 68.6 cm³/mol. The van der Waals surface area contributed by atoms with E-state index in [1.54, 1.807) is 14.2 Å². The highest BCUT2D eigenvalue weighted by Crippen LogP contribution is 2.44. The number of benzene rings is 1. The molecule has 1 aliphatic carbocycles. The molecule has 17 heavy (non-hydrogen) atoms. The van der Waals surface area contributed by atoms with E-state index in [1.807, 2.05) is 0 Å². The molecule has 0 spiro atoms. The monoisotopic (exact) mass is 235 g/mol. The maximum Gasteiger partial charge on any atom is 0.124 e. The van der Waals surface area contributed by atoms with Gasteiger partial charge in [0, 0.05) is 11.1 Å². The summed E-state index contributed by atoms with van der Waals surface area (Å²) in [7, 11) is 3.40. The summed E-state index contributed by atoms with van der Waals surface area (Å²) in [5, 5.41) is 0. The minimum atomic E-state index is -0.217. The molecular formula is C14H21NO2. The third-order valence-corrected chi connectivity index (χ3v) is 3.77. The number of rotatable bonds is 4. The van der Waals surface area contributed by atoms with E-state index in [2.05, 4.69) is 19.1 Å². The van der Waals surface area contributed by atoms with E-state index in [4.69, 9.17) is 15.2 Å². The zero-order valence-electron chi connectivity index (χ0n) is 10.9. The van der Waals surface area contributed by atoms with Crippen LogP contribution in [0.1, 0.15) is 37.3 Å². The van der Waals surface area contributed by atoms with Crippen LogP contribution in [0.3, 0.4) is 0 Å². The molecule has 2 N–H and O–H groups in total. The Kier molecular flexibility index (Phi) is 3.29. The Balaban J connectivity index is 2.49. The second-order valence-electron chi connectivity index (χ2n) is 4.73. The van der Waals surface area contributed by atoms with Gasteiger partial charge in [-0.15, -0.1) is 0 Å². The van der Waals surface area contributed by atoms with Gasteiger partial charge in [0.15, 0.2) is 0 Å². The number of methoxy groups -OCH3 is 2. The molecule has 0 aromatic heterocycles. The van der Waals surface area contributed by atoms with Crippen LogP contribution in [0.5, 0.6) is 11.5 Å². The first-order valence-electron chi connectivity index (χ1n) is 6.19. The van der Waals surface area contributed by atoms with Gasteiger partial charge in [0.1, 0.15) is 11.5 Å². The van der Waals surface area contributed by atoms with Crippen LogP contribution in [0.2, 0.25) is 0 Å². The molecule has 1 saturated carbocycles. The number of hydrogen-bond donors (Lipinski definition) is 1. The highest BCUT2D eigenvalue weighted by Gasteiger charge is 2.37. The summed E-state index contributed by atoms with van der Waals surface area (Å²) in [5.74, 6) is 1.81. The average Bonchev–Trinajstić information content (AvgIpc) is 2.34. The first kappa shape index (κ1) is 12.2. The van der Waals surface area contributed by atoms with Crippen molar-refractivity contribution in [3.63, 3.8) is 0 Å². The lowest BCUT2D eigenvalue weighted by Crippen LogP contribution is -2.43. The quantitative estimate of drug-likeness (QED) is 0.872.